The highest BCUT2D eigenvalue weighted by atomic mass is 16.3. The van der Waals surface area contributed by atoms with Crippen LogP contribution >= 0.6 is 0 Å². The van der Waals surface area contributed by atoms with Gasteiger partial charge < -0.3 is 4.42 Å². The van der Waals surface area contributed by atoms with E-state index in [2.05, 4.69) is 135 Å². The third kappa shape index (κ3) is 4.76. The van der Waals surface area contributed by atoms with Crippen LogP contribution in [0.1, 0.15) is 25.0 Å². The number of nitrogens with zero attached hydrogens (tertiary/aromatic N) is 3. The van der Waals surface area contributed by atoms with Crippen molar-refractivity contribution < 1.29 is 4.42 Å². The maximum Gasteiger partial charge on any atom is 0.213 e. The molecule has 0 saturated carbocycles. The van der Waals surface area contributed by atoms with E-state index in [1.807, 2.05) is 48.5 Å². The first-order valence-electron chi connectivity index (χ1n) is 18.0. The number of furan rings is 1. The Morgan fingerprint density at radius 1 is 0.585 bits per heavy atom. The topological polar surface area (TPSA) is 43.9 Å². The highest BCUT2D eigenvalue weighted by Crippen LogP contribution is 2.50. The SMILES string of the molecule is C=c1ccccc(=C)c(-c2cccc(-c3nc(-c4ccc5c(c4)C(C)(C)c4cccc6c7c8ccccc8oc7n-5c46)c4ccccc4n3)c2)ccc1. The van der Waals surface area contributed by atoms with Crippen LogP contribution in [0.5, 0.6) is 0 Å². The molecule has 0 amide bonds. The second-order valence-electron chi connectivity index (χ2n) is 14.4. The molecule has 9 aromatic rings. The number of hydrogen-bond donors (Lipinski definition) is 0. The molecule has 0 aliphatic carbocycles. The zero-order valence-corrected chi connectivity index (χ0v) is 29.6. The van der Waals surface area contributed by atoms with Crippen molar-refractivity contribution in [3.63, 3.8) is 0 Å². The third-order valence-corrected chi connectivity index (χ3v) is 10.8. The Morgan fingerprint density at radius 3 is 2.21 bits per heavy atom. The molecule has 0 unspecified atom stereocenters. The summed E-state index contributed by atoms with van der Waals surface area (Å²) in [6, 6.07) is 52.6. The summed E-state index contributed by atoms with van der Waals surface area (Å²) in [7, 11) is 0. The summed E-state index contributed by atoms with van der Waals surface area (Å²) in [6.07, 6.45) is 0. The molecule has 10 rings (SSSR count). The maximum absolute atomic E-state index is 6.62. The lowest BCUT2D eigenvalue weighted by Crippen LogP contribution is -2.26. The molecular weight excluding hydrogens is 647 g/mol. The summed E-state index contributed by atoms with van der Waals surface area (Å²) in [5.41, 5.74) is 12.2. The highest BCUT2D eigenvalue weighted by molar-refractivity contribution is 6.21. The molecule has 0 fully saturated rings. The van der Waals surface area contributed by atoms with Gasteiger partial charge in [-0.3, -0.25) is 4.57 Å². The monoisotopic (exact) mass is 681 g/mol. The van der Waals surface area contributed by atoms with Gasteiger partial charge in [-0.15, -0.1) is 0 Å². The number of hydrogen-bond acceptors (Lipinski definition) is 3. The van der Waals surface area contributed by atoms with E-state index in [-0.39, 0.29) is 5.41 Å². The largest absolute Gasteiger partial charge is 0.439 e. The van der Waals surface area contributed by atoms with E-state index >= 15 is 0 Å². The average Bonchev–Trinajstić information content (AvgIpc) is 3.72. The molecular formula is C49H35N3O. The van der Waals surface area contributed by atoms with Crippen LogP contribution in [0.15, 0.2) is 156 Å². The van der Waals surface area contributed by atoms with Gasteiger partial charge in [0.1, 0.15) is 5.58 Å². The van der Waals surface area contributed by atoms with Crippen molar-refractivity contribution in [3.05, 3.63) is 173 Å². The van der Waals surface area contributed by atoms with Crippen molar-refractivity contribution in [2.45, 2.75) is 19.3 Å². The maximum atomic E-state index is 6.62. The van der Waals surface area contributed by atoms with Crippen molar-refractivity contribution in [1.82, 2.24) is 14.5 Å². The number of rotatable bonds is 3. The Labute approximate surface area is 307 Å². The van der Waals surface area contributed by atoms with Crippen LogP contribution in [-0.2, 0) is 5.41 Å². The summed E-state index contributed by atoms with van der Waals surface area (Å²) in [5, 5.41) is 6.39. The van der Waals surface area contributed by atoms with Gasteiger partial charge in [0.05, 0.1) is 27.8 Å². The van der Waals surface area contributed by atoms with Crippen LogP contribution < -0.4 is 10.4 Å². The fourth-order valence-electron chi connectivity index (χ4n) is 8.20. The molecule has 6 aromatic carbocycles. The van der Waals surface area contributed by atoms with Crippen LogP contribution in [0.3, 0.4) is 0 Å². The van der Waals surface area contributed by atoms with Crippen molar-refractivity contribution >= 4 is 57.0 Å². The summed E-state index contributed by atoms with van der Waals surface area (Å²) in [5.74, 6) is 0.674. The molecule has 3 aromatic heterocycles. The molecule has 4 nitrogen and oxygen atoms in total. The lowest BCUT2D eigenvalue weighted by Gasteiger charge is -2.34. The summed E-state index contributed by atoms with van der Waals surface area (Å²) >= 11 is 0. The second kappa shape index (κ2) is 11.6. The first kappa shape index (κ1) is 31.0. The van der Waals surface area contributed by atoms with E-state index in [0.29, 0.717) is 5.82 Å². The van der Waals surface area contributed by atoms with Gasteiger partial charge in [0, 0.05) is 32.7 Å². The van der Waals surface area contributed by atoms with Gasteiger partial charge in [-0.1, -0.05) is 148 Å². The minimum absolute atomic E-state index is 0.275. The second-order valence-corrected chi connectivity index (χ2v) is 14.4. The molecule has 0 spiro atoms. The van der Waals surface area contributed by atoms with Crippen LogP contribution in [-0.4, -0.2) is 14.5 Å². The number of aromatic nitrogens is 3. The summed E-state index contributed by atoms with van der Waals surface area (Å²) in [4.78, 5) is 10.4. The van der Waals surface area contributed by atoms with Gasteiger partial charge in [-0.05, 0) is 63.0 Å². The fourth-order valence-corrected chi connectivity index (χ4v) is 8.20. The zero-order chi connectivity index (χ0) is 35.8. The molecule has 0 atom stereocenters. The Morgan fingerprint density at radius 2 is 1.30 bits per heavy atom. The van der Waals surface area contributed by atoms with E-state index in [1.165, 1.54) is 22.0 Å². The first-order chi connectivity index (χ1) is 25.9. The molecule has 0 N–H and O–H groups in total. The molecule has 252 valence electrons. The number of para-hydroxylation sites is 3. The quantitative estimate of drug-likeness (QED) is 0.186. The minimum Gasteiger partial charge on any atom is -0.439 e. The van der Waals surface area contributed by atoms with E-state index in [1.54, 1.807) is 0 Å². The number of fused-ring (bicyclic) bond motifs is 8. The van der Waals surface area contributed by atoms with Gasteiger partial charge >= 0.3 is 0 Å². The smallest absolute Gasteiger partial charge is 0.213 e. The predicted octanol–water partition coefficient (Wildman–Crippen LogP) is 11.1. The Balaban J connectivity index is 1.17. The third-order valence-electron chi connectivity index (χ3n) is 10.8. The van der Waals surface area contributed by atoms with Crippen LogP contribution in [0.4, 0.5) is 0 Å². The number of benzene rings is 5. The standard InChI is InChI=1S/C49H35N3O/c1-30-14-5-6-16-31(2)35(21-11-15-30)32-17-12-18-34(28-32)47-50-41-24-9-7-19-36(41)45(51-47)33-26-27-42-40(29-33)49(3,4)39-23-13-22-38-44-37-20-8-10-25-43(37)53-48(44)52(42)46(38)39/h5-29H,1-2H2,3-4H3. The van der Waals surface area contributed by atoms with E-state index in [9.17, 15) is 0 Å². The normalized spacial score (nSPS) is 13.0. The Hall–Kier alpha value is -6.78. The Kier molecular flexibility index (Phi) is 6.80. The van der Waals surface area contributed by atoms with Crippen LogP contribution in [0, 0.1) is 0 Å². The molecule has 53 heavy (non-hydrogen) atoms. The summed E-state index contributed by atoms with van der Waals surface area (Å²) < 4.78 is 8.95. The molecule has 1 aliphatic rings. The van der Waals surface area contributed by atoms with Crippen molar-refractivity contribution in [2.75, 3.05) is 0 Å². The molecule has 1 aliphatic heterocycles. The molecule has 4 heterocycles. The van der Waals surface area contributed by atoms with Crippen molar-refractivity contribution in [1.29, 1.82) is 0 Å². The fraction of sp³-hybridized carbons (Fsp3) is 0.0612. The Bertz CT molecular complexity index is 3150. The summed E-state index contributed by atoms with van der Waals surface area (Å²) in [6.45, 7) is 13.1. The minimum atomic E-state index is -0.275. The lowest BCUT2D eigenvalue weighted by atomic mass is 9.74. The molecule has 0 bridgehead atoms. The predicted molar refractivity (Wildman–Crippen MR) is 220 cm³/mol. The van der Waals surface area contributed by atoms with Crippen molar-refractivity contribution in [2.24, 2.45) is 0 Å². The van der Waals surface area contributed by atoms with Gasteiger partial charge in [0.15, 0.2) is 5.82 Å². The van der Waals surface area contributed by atoms with Gasteiger partial charge in [0.25, 0.3) is 0 Å². The van der Waals surface area contributed by atoms with Gasteiger partial charge in [-0.2, -0.15) is 0 Å². The highest BCUT2D eigenvalue weighted by Gasteiger charge is 2.36. The van der Waals surface area contributed by atoms with Gasteiger partial charge in [0.2, 0.25) is 5.71 Å². The zero-order valence-electron chi connectivity index (χ0n) is 29.6. The van der Waals surface area contributed by atoms with E-state index in [0.717, 1.165) is 77.0 Å². The first-order valence-corrected chi connectivity index (χ1v) is 18.0. The van der Waals surface area contributed by atoms with Crippen LogP contribution in [0.25, 0.3) is 96.5 Å². The van der Waals surface area contributed by atoms with Gasteiger partial charge in [-0.25, -0.2) is 9.97 Å². The molecule has 0 saturated heterocycles. The average molecular weight is 682 g/mol. The van der Waals surface area contributed by atoms with E-state index < -0.39 is 0 Å². The van der Waals surface area contributed by atoms with Crippen LogP contribution in [0.2, 0.25) is 0 Å². The molecule has 0 radical (unpaired) electrons. The molecule has 4 heteroatoms. The van der Waals surface area contributed by atoms with E-state index in [4.69, 9.17) is 14.4 Å². The lowest BCUT2D eigenvalue weighted by molar-refractivity contribution is 0.612. The van der Waals surface area contributed by atoms with Crippen molar-refractivity contribution in [3.8, 4) is 39.5 Å².